The molecule has 0 aromatic heterocycles. The molecule has 0 amide bonds. The average molecular weight is 276 g/mol. The first kappa shape index (κ1) is 14.5. The second-order valence-corrected chi connectivity index (χ2v) is 11.7. The van der Waals surface area contributed by atoms with Gasteiger partial charge in [0.15, 0.2) is 8.32 Å². The van der Waals surface area contributed by atoms with Gasteiger partial charge in [-0.25, -0.2) is 0 Å². The van der Waals surface area contributed by atoms with Crippen molar-refractivity contribution in [2.45, 2.75) is 57.8 Å². The third-order valence-electron chi connectivity index (χ3n) is 4.57. The lowest BCUT2D eigenvalue weighted by molar-refractivity contribution is 0.112. The molecular formula is C16H24O2Si. The Bertz CT molecular complexity index is 486. The summed E-state index contributed by atoms with van der Waals surface area (Å²) in [5, 5.41) is 0.220. The Hall–Kier alpha value is -0.933. The summed E-state index contributed by atoms with van der Waals surface area (Å²) < 4.78 is 6.51. The maximum Gasteiger partial charge on any atom is 0.192 e. The van der Waals surface area contributed by atoms with Crippen LogP contribution in [0.3, 0.4) is 0 Å². The van der Waals surface area contributed by atoms with Crippen molar-refractivity contribution in [1.82, 2.24) is 0 Å². The molecule has 19 heavy (non-hydrogen) atoms. The smallest absolute Gasteiger partial charge is 0.192 e. The number of fused-ring (bicyclic) bond motifs is 1. The summed E-state index contributed by atoms with van der Waals surface area (Å²) in [5.74, 6) is 0. The van der Waals surface area contributed by atoms with Gasteiger partial charge >= 0.3 is 0 Å². The number of carbonyl (C=O) groups excluding carboxylic acids is 1. The zero-order valence-corrected chi connectivity index (χ0v) is 13.6. The van der Waals surface area contributed by atoms with Crippen molar-refractivity contribution in [3.8, 4) is 0 Å². The normalized spacial score (nSPS) is 19.3. The van der Waals surface area contributed by atoms with Crippen molar-refractivity contribution >= 4 is 14.6 Å². The van der Waals surface area contributed by atoms with E-state index in [0.29, 0.717) is 0 Å². The second-order valence-electron chi connectivity index (χ2n) is 6.98. The largest absolute Gasteiger partial charge is 0.410 e. The van der Waals surface area contributed by atoms with E-state index in [4.69, 9.17) is 4.43 Å². The van der Waals surface area contributed by atoms with Crippen LogP contribution in [0, 0.1) is 0 Å². The third-order valence-corrected chi connectivity index (χ3v) is 9.06. The first-order valence-corrected chi connectivity index (χ1v) is 9.91. The number of hydrogen-bond acceptors (Lipinski definition) is 2. The highest BCUT2D eigenvalue weighted by molar-refractivity contribution is 6.74. The predicted octanol–water partition coefficient (Wildman–Crippen LogP) is 4.51. The fourth-order valence-corrected chi connectivity index (χ4v) is 3.62. The molecule has 2 nitrogen and oxygen atoms in total. The van der Waals surface area contributed by atoms with E-state index in [1.165, 1.54) is 11.1 Å². The molecule has 0 saturated carbocycles. The topological polar surface area (TPSA) is 26.3 Å². The summed E-state index contributed by atoms with van der Waals surface area (Å²) in [6, 6.07) is 5.99. The molecule has 3 heteroatoms. The molecule has 0 heterocycles. The van der Waals surface area contributed by atoms with Crippen LogP contribution in [-0.2, 0) is 10.8 Å². The van der Waals surface area contributed by atoms with Gasteiger partial charge in [-0.2, -0.15) is 0 Å². The summed E-state index contributed by atoms with van der Waals surface area (Å²) in [7, 11) is -1.75. The SMILES string of the molecule is CC(C)(C)[Si](C)(C)OC1CCc2ccc(C=O)cc21. The maximum atomic E-state index is 10.9. The average Bonchev–Trinajstić information content (AvgIpc) is 2.69. The second kappa shape index (κ2) is 4.87. The van der Waals surface area contributed by atoms with Gasteiger partial charge in [0.2, 0.25) is 0 Å². The fourth-order valence-electron chi connectivity index (χ4n) is 2.31. The van der Waals surface area contributed by atoms with Gasteiger partial charge in [0.25, 0.3) is 0 Å². The molecular weight excluding hydrogens is 252 g/mol. The van der Waals surface area contributed by atoms with E-state index in [9.17, 15) is 4.79 Å². The van der Waals surface area contributed by atoms with Gasteiger partial charge in [-0.05, 0) is 48.2 Å². The van der Waals surface area contributed by atoms with Crippen LogP contribution in [0.1, 0.15) is 54.8 Å². The number of rotatable bonds is 3. The Morgan fingerprint density at radius 1 is 1.32 bits per heavy atom. The van der Waals surface area contributed by atoms with E-state index in [2.05, 4.69) is 39.9 Å². The quantitative estimate of drug-likeness (QED) is 0.600. The standard InChI is InChI=1S/C16H24O2Si/c1-16(2,3)19(4,5)18-15-9-8-13-7-6-12(11-17)10-14(13)15/h6-7,10-11,15H,8-9H2,1-5H3. The van der Waals surface area contributed by atoms with Crippen molar-refractivity contribution in [3.63, 3.8) is 0 Å². The number of carbonyl (C=O) groups is 1. The molecule has 0 aliphatic heterocycles. The molecule has 104 valence electrons. The van der Waals surface area contributed by atoms with Crippen molar-refractivity contribution in [3.05, 3.63) is 34.9 Å². The van der Waals surface area contributed by atoms with E-state index in [1.54, 1.807) is 0 Å². The molecule has 1 aliphatic rings. The van der Waals surface area contributed by atoms with Crippen molar-refractivity contribution in [1.29, 1.82) is 0 Å². The number of benzene rings is 1. The highest BCUT2D eigenvalue weighted by Gasteiger charge is 2.40. The van der Waals surface area contributed by atoms with Crippen molar-refractivity contribution in [2.75, 3.05) is 0 Å². The Morgan fingerprint density at radius 2 is 2.00 bits per heavy atom. The summed E-state index contributed by atoms with van der Waals surface area (Å²) in [5.41, 5.74) is 3.33. The molecule has 2 rings (SSSR count). The lowest BCUT2D eigenvalue weighted by Gasteiger charge is -2.38. The van der Waals surface area contributed by atoms with Gasteiger partial charge in [0, 0.05) is 5.56 Å². The summed E-state index contributed by atoms with van der Waals surface area (Å²) in [6.45, 7) is 11.4. The monoisotopic (exact) mass is 276 g/mol. The predicted molar refractivity (Wildman–Crippen MR) is 81.2 cm³/mol. The van der Waals surface area contributed by atoms with Crippen LogP contribution in [0.25, 0.3) is 0 Å². The minimum Gasteiger partial charge on any atom is -0.410 e. The van der Waals surface area contributed by atoms with Crippen molar-refractivity contribution in [2.24, 2.45) is 0 Å². The fraction of sp³-hybridized carbons (Fsp3) is 0.562. The third kappa shape index (κ3) is 2.82. The molecule has 0 N–H and O–H groups in total. The van der Waals surface area contributed by atoms with E-state index < -0.39 is 8.32 Å². The lowest BCUT2D eigenvalue weighted by atomic mass is 10.1. The molecule has 1 aromatic carbocycles. The van der Waals surface area contributed by atoms with Crippen LogP contribution in [-0.4, -0.2) is 14.6 Å². The molecule has 0 saturated heterocycles. The van der Waals surface area contributed by atoms with Crippen LogP contribution in [0.5, 0.6) is 0 Å². The van der Waals surface area contributed by atoms with Crippen LogP contribution in [0.4, 0.5) is 0 Å². The number of hydrogen-bond donors (Lipinski definition) is 0. The summed E-state index contributed by atoms with van der Waals surface area (Å²) >= 11 is 0. The van der Waals surface area contributed by atoms with Gasteiger partial charge in [-0.3, -0.25) is 4.79 Å². The Labute approximate surface area is 117 Å². The van der Waals surface area contributed by atoms with Gasteiger partial charge in [-0.1, -0.05) is 32.9 Å². The van der Waals surface area contributed by atoms with Gasteiger partial charge < -0.3 is 4.43 Å². The molecule has 0 bridgehead atoms. The highest BCUT2D eigenvalue weighted by Crippen LogP contribution is 2.43. The van der Waals surface area contributed by atoms with Crippen molar-refractivity contribution < 1.29 is 9.22 Å². The van der Waals surface area contributed by atoms with Crippen LogP contribution < -0.4 is 0 Å². The van der Waals surface area contributed by atoms with Gasteiger partial charge in [0.05, 0.1) is 6.10 Å². The molecule has 0 spiro atoms. The molecule has 0 radical (unpaired) electrons. The number of aldehydes is 1. The number of aryl methyl sites for hydroxylation is 1. The molecule has 1 atom stereocenters. The molecule has 0 fully saturated rings. The zero-order chi connectivity index (χ0) is 14.3. The minimum atomic E-state index is -1.75. The first-order chi connectivity index (χ1) is 8.74. The van der Waals surface area contributed by atoms with Crippen LogP contribution >= 0.6 is 0 Å². The lowest BCUT2D eigenvalue weighted by Crippen LogP contribution is -2.41. The van der Waals surface area contributed by atoms with Gasteiger partial charge in [-0.15, -0.1) is 0 Å². The van der Waals surface area contributed by atoms with E-state index in [0.717, 1.165) is 24.7 Å². The van der Waals surface area contributed by atoms with Gasteiger partial charge in [0.1, 0.15) is 6.29 Å². The summed E-state index contributed by atoms with van der Waals surface area (Å²) in [6.07, 6.45) is 3.20. The van der Waals surface area contributed by atoms with Crippen LogP contribution in [0.2, 0.25) is 18.1 Å². The maximum absolute atomic E-state index is 10.9. The van der Waals surface area contributed by atoms with Crippen LogP contribution in [0.15, 0.2) is 18.2 Å². The van der Waals surface area contributed by atoms with E-state index >= 15 is 0 Å². The van der Waals surface area contributed by atoms with E-state index in [-0.39, 0.29) is 11.1 Å². The Morgan fingerprint density at radius 3 is 2.58 bits per heavy atom. The highest BCUT2D eigenvalue weighted by atomic mass is 28.4. The summed E-state index contributed by atoms with van der Waals surface area (Å²) in [4.78, 5) is 10.9. The Balaban J connectivity index is 2.25. The molecule has 1 aromatic rings. The Kier molecular flexibility index (Phi) is 3.71. The minimum absolute atomic E-state index is 0.177. The first-order valence-electron chi connectivity index (χ1n) is 7.00. The molecule has 1 aliphatic carbocycles. The zero-order valence-electron chi connectivity index (χ0n) is 12.6. The van der Waals surface area contributed by atoms with E-state index in [1.807, 2.05) is 12.1 Å². The molecule has 1 unspecified atom stereocenters.